The molecule has 1 unspecified atom stereocenters. The lowest BCUT2D eigenvalue weighted by Gasteiger charge is -2.09. The van der Waals surface area contributed by atoms with E-state index in [4.69, 9.17) is 11.6 Å². The second-order valence-electron chi connectivity index (χ2n) is 2.87. The minimum Gasteiger partial charge on any atom is -0.383 e. The van der Waals surface area contributed by atoms with Crippen molar-refractivity contribution in [2.75, 3.05) is 11.9 Å². The molecule has 0 bridgehead atoms. The molecule has 1 aromatic carbocycles. The van der Waals surface area contributed by atoms with Gasteiger partial charge in [-0.25, -0.2) is 0 Å². The summed E-state index contributed by atoms with van der Waals surface area (Å²) in [5, 5.41) is 3.16. The van der Waals surface area contributed by atoms with Crippen LogP contribution in [0.5, 0.6) is 0 Å². The van der Waals surface area contributed by atoms with E-state index in [1.807, 2.05) is 25.1 Å². The maximum Gasteiger partial charge on any atom is 0.152 e. The number of hydrogen-bond donors (Lipinski definition) is 1. The topological polar surface area (TPSA) is 29.1 Å². The van der Waals surface area contributed by atoms with E-state index in [0.717, 1.165) is 12.0 Å². The van der Waals surface area contributed by atoms with E-state index in [2.05, 4.69) is 5.32 Å². The first kappa shape index (κ1) is 10.1. The van der Waals surface area contributed by atoms with Crippen LogP contribution >= 0.6 is 11.6 Å². The average Bonchev–Trinajstić information content (AvgIpc) is 2.15. The Labute approximate surface area is 82.9 Å². The van der Waals surface area contributed by atoms with Crippen LogP contribution in [0.15, 0.2) is 24.3 Å². The van der Waals surface area contributed by atoms with Gasteiger partial charge in [0.2, 0.25) is 0 Å². The van der Waals surface area contributed by atoms with Gasteiger partial charge < -0.3 is 5.32 Å². The van der Waals surface area contributed by atoms with Gasteiger partial charge in [0.25, 0.3) is 0 Å². The van der Waals surface area contributed by atoms with Crippen molar-refractivity contribution in [2.24, 2.45) is 0 Å². The Morgan fingerprint density at radius 1 is 1.54 bits per heavy atom. The minimum absolute atomic E-state index is 0.0553. The number of halogens is 1. The zero-order valence-electron chi connectivity index (χ0n) is 7.46. The summed E-state index contributed by atoms with van der Waals surface area (Å²) < 4.78 is 0. The smallest absolute Gasteiger partial charge is 0.152 e. The molecule has 0 aromatic heterocycles. The van der Waals surface area contributed by atoms with E-state index in [-0.39, 0.29) is 5.38 Å². The van der Waals surface area contributed by atoms with Crippen LogP contribution in [0.4, 0.5) is 5.69 Å². The quantitative estimate of drug-likeness (QED) is 0.594. The van der Waals surface area contributed by atoms with Gasteiger partial charge in [-0.05, 0) is 19.1 Å². The first-order chi connectivity index (χ1) is 6.24. The molecule has 0 radical (unpaired) electrons. The molecule has 3 heteroatoms. The summed E-state index contributed by atoms with van der Waals surface area (Å²) in [4.78, 5) is 10.6. The fourth-order valence-corrected chi connectivity index (χ4v) is 1.09. The molecule has 1 rings (SSSR count). The lowest BCUT2D eigenvalue weighted by atomic mass is 10.2. The van der Waals surface area contributed by atoms with E-state index in [0.29, 0.717) is 12.1 Å². The fraction of sp³-hybridized carbons (Fsp3) is 0.300. The molecule has 0 heterocycles. The standard InChI is InChI=1S/C10H12ClNO/c1-8(11)6-12-10-5-3-2-4-9(10)7-13/h2-5,7-8,12H,6H2,1H3. The zero-order valence-corrected chi connectivity index (χ0v) is 8.21. The summed E-state index contributed by atoms with van der Waals surface area (Å²) >= 11 is 5.77. The van der Waals surface area contributed by atoms with Crippen molar-refractivity contribution < 1.29 is 4.79 Å². The number of anilines is 1. The summed E-state index contributed by atoms with van der Waals surface area (Å²) in [5.74, 6) is 0. The molecule has 0 amide bonds. The predicted molar refractivity (Wildman–Crippen MR) is 55.6 cm³/mol. The molecule has 0 saturated heterocycles. The monoisotopic (exact) mass is 197 g/mol. The van der Waals surface area contributed by atoms with Crippen LogP contribution < -0.4 is 5.32 Å². The lowest BCUT2D eigenvalue weighted by molar-refractivity contribution is 0.112. The van der Waals surface area contributed by atoms with Crippen molar-refractivity contribution in [3.63, 3.8) is 0 Å². The number of nitrogens with one attached hydrogen (secondary N) is 1. The Bertz CT molecular complexity index is 286. The molecule has 0 saturated carbocycles. The van der Waals surface area contributed by atoms with Crippen LogP contribution in [0.1, 0.15) is 17.3 Å². The van der Waals surface area contributed by atoms with Crippen LogP contribution in [0, 0.1) is 0 Å². The number of hydrogen-bond acceptors (Lipinski definition) is 2. The SMILES string of the molecule is CC(Cl)CNc1ccccc1C=O. The molecule has 1 aromatic rings. The van der Waals surface area contributed by atoms with Gasteiger partial charge in [0.15, 0.2) is 6.29 Å². The maximum absolute atomic E-state index is 10.6. The molecule has 0 aliphatic carbocycles. The summed E-state index contributed by atoms with van der Waals surface area (Å²) in [6.45, 7) is 2.56. The normalized spacial score (nSPS) is 12.2. The molecule has 0 aliphatic rings. The van der Waals surface area contributed by atoms with Gasteiger partial charge in [-0.2, -0.15) is 0 Å². The van der Waals surface area contributed by atoms with E-state index in [9.17, 15) is 4.79 Å². The Kier molecular flexibility index (Phi) is 3.77. The second-order valence-corrected chi connectivity index (χ2v) is 3.61. The number of para-hydroxylation sites is 1. The summed E-state index contributed by atoms with van der Waals surface area (Å²) in [6, 6.07) is 7.35. The summed E-state index contributed by atoms with van der Waals surface area (Å²) in [6.07, 6.45) is 0.835. The molecule has 70 valence electrons. The predicted octanol–water partition coefficient (Wildman–Crippen LogP) is 2.54. The Hall–Kier alpha value is -1.02. The van der Waals surface area contributed by atoms with Crippen molar-refractivity contribution in [3.05, 3.63) is 29.8 Å². The molecular weight excluding hydrogens is 186 g/mol. The van der Waals surface area contributed by atoms with Gasteiger partial charge >= 0.3 is 0 Å². The van der Waals surface area contributed by atoms with Crippen molar-refractivity contribution in [1.29, 1.82) is 0 Å². The number of benzene rings is 1. The van der Waals surface area contributed by atoms with Gasteiger partial charge in [-0.3, -0.25) is 4.79 Å². The van der Waals surface area contributed by atoms with Gasteiger partial charge in [0.05, 0.1) is 0 Å². The maximum atomic E-state index is 10.6. The summed E-state index contributed by atoms with van der Waals surface area (Å²) in [7, 11) is 0. The highest BCUT2D eigenvalue weighted by Gasteiger charge is 2.00. The first-order valence-electron chi connectivity index (χ1n) is 4.16. The van der Waals surface area contributed by atoms with Crippen molar-refractivity contribution in [1.82, 2.24) is 0 Å². The molecular formula is C10H12ClNO. The van der Waals surface area contributed by atoms with E-state index in [1.165, 1.54) is 0 Å². The van der Waals surface area contributed by atoms with Crippen LogP contribution in [0.2, 0.25) is 0 Å². The zero-order chi connectivity index (χ0) is 9.68. The summed E-state index contributed by atoms with van der Waals surface area (Å²) in [5.41, 5.74) is 1.50. The van der Waals surface area contributed by atoms with Crippen LogP contribution in [0.3, 0.4) is 0 Å². The third-order valence-electron chi connectivity index (χ3n) is 1.66. The highest BCUT2D eigenvalue weighted by Crippen LogP contribution is 2.12. The van der Waals surface area contributed by atoms with Crippen LogP contribution in [-0.2, 0) is 0 Å². The van der Waals surface area contributed by atoms with E-state index < -0.39 is 0 Å². The molecule has 0 spiro atoms. The number of alkyl halides is 1. The third-order valence-corrected chi connectivity index (χ3v) is 1.82. The minimum atomic E-state index is 0.0553. The number of aldehydes is 1. The van der Waals surface area contributed by atoms with Gasteiger partial charge in [0.1, 0.15) is 0 Å². The van der Waals surface area contributed by atoms with Crippen molar-refractivity contribution in [3.8, 4) is 0 Å². The average molecular weight is 198 g/mol. The number of carbonyl (C=O) groups excluding carboxylic acids is 1. The van der Waals surface area contributed by atoms with Gasteiger partial charge in [0, 0.05) is 23.2 Å². The number of rotatable bonds is 4. The van der Waals surface area contributed by atoms with Gasteiger partial charge in [-0.15, -0.1) is 11.6 Å². The van der Waals surface area contributed by atoms with Gasteiger partial charge in [-0.1, -0.05) is 12.1 Å². The molecule has 1 atom stereocenters. The highest BCUT2D eigenvalue weighted by atomic mass is 35.5. The fourth-order valence-electron chi connectivity index (χ4n) is 1.01. The Balaban J connectivity index is 2.69. The molecule has 0 aliphatic heterocycles. The molecule has 1 N–H and O–H groups in total. The van der Waals surface area contributed by atoms with Crippen LogP contribution in [0.25, 0.3) is 0 Å². The molecule has 13 heavy (non-hydrogen) atoms. The lowest BCUT2D eigenvalue weighted by Crippen LogP contribution is -2.11. The highest BCUT2D eigenvalue weighted by molar-refractivity contribution is 6.20. The molecule has 2 nitrogen and oxygen atoms in total. The van der Waals surface area contributed by atoms with E-state index in [1.54, 1.807) is 6.07 Å². The third kappa shape index (κ3) is 3.07. The number of carbonyl (C=O) groups is 1. The van der Waals surface area contributed by atoms with Crippen molar-refractivity contribution >= 4 is 23.6 Å². The Morgan fingerprint density at radius 3 is 2.85 bits per heavy atom. The first-order valence-corrected chi connectivity index (χ1v) is 4.60. The van der Waals surface area contributed by atoms with Crippen LogP contribution in [-0.4, -0.2) is 18.2 Å². The largest absolute Gasteiger partial charge is 0.383 e. The van der Waals surface area contributed by atoms with E-state index >= 15 is 0 Å². The Morgan fingerprint density at radius 2 is 2.23 bits per heavy atom. The molecule has 0 fully saturated rings. The second kappa shape index (κ2) is 4.87. The van der Waals surface area contributed by atoms with Crippen molar-refractivity contribution in [2.45, 2.75) is 12.3 Å².